The van der Waals surface area contributed by atoms with Crippen molar-refractivity contribution in [2.75, 3.05) is 32.1 Å². The third-order valence-corrected chi connectivity index (χ3v) is 6.81. The van der Waals surface area contributed by atoms with Crippen LogP contribution in [0.1, 0.15) is 35.1 Å². The van der Waals surface area contributed by atoms with Crippen LogP contribution in [0, 0.1) is 6.92 Å². The Labute approximate surface area is 214 Å². The third-order valence-electron chi connectivity index (χ3n) is 6.49. The number of hydrogen-bond donors (Lipinski definition) is 2. The number of benzene rings is 1. The van der Waals surface area contributed by atoms with Crippen LogP contribution in [0.2, 0.25) is 5.02 Å². The molecule has 3 N–H and O–H groups in total. The van der Waals surface area contributed by atoms with E-state index in [2.05, 4.69) is 15.3 Å². The topological polar surface area (TPSA) is 69.8 Å². The molecule has 0 saturated heterocycles. The first-order valence-corrected chi connectivity index (χ1v) is 11.7. The lowest BCUT2D eigenvalue weighted by atomic mass is 9.86. The Morgan fingerprint density at radius 2 is 1.73 bits per heavy atom. The maximum Gasteiger partial charge on any atom is 0.420 e. The second-order valence-electron chi connectivity index (χ2n) is 9.18. The number of guanidine groups is 1. The molecule has 1 unspecified atom stereocenters. The number of nitrogens with zero attached hydrogens (tertiary/aromatic N) is 4. The molecule has 2 aliphatic heterocycles. The molecule has 2 aliphatic rings. The Hall–Kier alpha value is -2.99. The molecule has 1 aromatic heterocycles. The van der Waals surface area contributed by atoms with Crippen molar-refractivity contribution in [3.63, 3.8) is 0 Å². The molecule has 4 rings (SSSR count). The minimum atomic E-state index is -4.65. The monoisotopic (exact) mass is 546 g/mol. The molecule has 2 aromatic rings. The number of rotatable bonds is 2. The first kappa shape index (κ1) is 27.1. The van der Waals surface area contributed by atoms with Crippen molar-refractivity contribution in [3.8, 4) is 0 Å². The second-order valence-corrected chi connectivity index (χ2v) is 9.59. The maximum atomic E-state index is 13.9. The molecule has 0 saturated carbocycles. The molecule has 3 heterocycles. The summed E-state index contributed by atoms with van der Waals surface area (Å²) < 4.78 is 81.5. The van der Waals surface area contributed by atoms with Crippen LogP contribution in [0.4, 0.5) is 32.2 Å². The van der Waals surface area contributed by atoms with E-state index in [1.165, 1.54) is 25.3 Å². The smallest absolute Gasteiger partial charge is 0.355 e. The number of aromatic nitrogens is 1. The highest BCUT2D eigenvalue weighted by molar-refractivity contribution is 6.31. The van der Waals surface area contributed by atoms with Crippen LogP contribution in [-0.4, -0.2) is 43.0 Å². The molecule has 13 heteroatoms. The maximum absolute atomic E-state index is 13.9. The van der Waals surface area contributed by atoms with E-state index in [9.17, 15) is 26.3 Å². The molecule has 0 fully saturated rings. The number of aliphatic imine (C=N–C) groups is 1. The van der Waals surface area contributed by atoms with E-state index in [1.807, 2.05) is 0 Å². The SMILES string of the molecule is Cc1ccnc(N2CCC3=C(CC2)C(N)(c2ccc(C(F)(F)F)c(Cl)c2)N=C(N(C)C)N3)c1C(F)(F)F. The Bertz CT molecular complexity index is 1270. The molecule has 1 aromatic carbocycles. The first-order chi connectivity index (χ1) is 17.1. The van der Waals surface area contributed by atoms with Gasteiger partial charge < -0.3 is 15.1 Å². The standard InChI is InChI=1S/C24H25ClF6N6/c1-13-6-9-33-20(19(13)24(29,30)31)37-10-7-16-18(8-11-37)34-21(36(2)3)35-22(16,32)14-4-5-15(17(25)12-14)23(26,27)28/h4-6,9,12H,7-8,10-11,32H2,1-3H3,(H,34,35). The average Bonchev–Trinajstić information content (AvgIpc) is 3.00. The quantitative estimate of drug-likeness (QED) is 0.503. The molecule has 1 atom stereocenters. The van der Waals surface area contributed by atoms with Gasteiger partial charge in [-0.3, -0.25) is 5.73 Å². The molecule has 0 amide bonds. The predicted octanol–water partition coefficient (Wildman–Crippen LogP) is 5.27. The highest BCUT2D eigenvalue weighted by Gasteiger charge is 2.42. The Morgan fingerprint density at radius 3 is 2.32 bits per heavy atom. The molecular formula is C24H25ClF6N6. The normalized spacial score (nSPS) is 20.7. The van der Waals surface area contributed by atoms with E-state index >= 15 is 0 Å². The summed E-state index contributed by atoms with van der Waals surface area (Å²) in [6, 6.07) is 4.54. The first-order valence-electron chi connectivity index (χ1n) is 11.3. The molecule has 6 nitrogen and oxygen atoms in total. The molecule has 0 bridgehead atoms. The van der Waals surface area contributed by atoms with Crippen molar-refractivity contribution in [3.05, 3.63) is 69.0 Å². The fraction of sp³-hybridized carbons (Fsp3) is 0.417. The minimum absolute atomic E-state index is 0.0587. The average molecular weight is 547 g/mol. The van der Waals surface area contributed by atoms with Gasteiger partial charge in [-0.15, -0.1) is 0 Å². The van der Waals surface area contributed by atoms with Crippen LogP contribution in [0.5, 0.6) is 0 Å². The number of anilines is 1. The highest BCUT2D eigenvalue weighted by Crippen LogP contribution is 2.43. The number of halogens is 7. The Morgan fingerprint density at radius 1 is 1.05 bits per heavy atom. The number of nitrogens with one attached hydrogen (secondary N) is 1. The summed E-state index contributed by atoms with van der Waals surface area (Å²) in [5.41, 5.74) is 4.90. The van der Waals surface area contributed by atoms with Gasteiger partial charge in [-0.25, -0.2) is 9.98 Å². The lowest BCUT2D eigenvalue weighted by Gasteiger charge is -2.37. The van der Waals surface area contributed by atoms with Gasteiger partial charge in [-0.2, -0.15) is 26.3 Å². The summed E-state index contributed by atoms with van der Waals surface area (Å²) in [4.78, 5) is 11.9. The van der Waals surface area contributed by atoms with Gasteiger partial charge in [0.25, 0.3) is 0 Å². The fourth-order valence-electron chi connectivity index (χ4n) is 4.64. The van der Waals surface area contributed by atoms with Crippen LogP contribution < -0.4 is 16.0 Å². The van der Waals surface area contributed by atoms with Crippen LogP contribution in [-0.2, 0) is 18.0 Å². The zero-order valence-corrected chi connectivity index (χ0v) is 21.0. The summed E-state index contributed by atoms with van der Waals surface area (Å²) in [5, 5.41) is 2.67. The zero-order valence-electron chi connectivity index (χ0n) is 20.2. The predicted molar refractivity (Wildman–Crippen MR) is 129 cm³/mol. The molecule has 200 valence electrons. The van der Waals surface area contributed by atoms with Gasteiger partial charge in [0, 0.05) is 45.5 Å². The third kappa shape index (κ3) is 5.08. The highest BCUT2D eigenvalue weighted by atomic mass is 35.5. The van der Waals surface area contributed by atoms with Crippen molar-refractivity contribution in [2.24, 2.45) is 10.7 Å². The summed E-state index contributed by atoms with van der Waals surface area (Å²) in [6.07, 6.45) is -7.44. The van der Waals surface area contributed by atoms with Gasteiger partial charge in [0.1, 0.15) is 11.4 Å². The lowest BCUT2D eigenvalue weighted by molar-refractivity contribution is -0.138. The fourth-order valence-corrected chi connectivity index (χ4v) is 4.93. The van der Waals surface area contributed by atoms with Gasteiger partial charge in [-0.05, 0) is 48.2 Å². The van der Waals surface area contributed by atoms with Gasteiger partial charge in [0.05, 0.1) is 10.6 Å². The number of aryl methyl sites for hydroxylation is 1. The van der Waals surface area contributed by atoms with E-state index in [1.54, 1.807) is 23.9 Å². The second kappa shape index (κ2) is 9.39. The van der Waals surface area contributed by atoms with Crippen molar-refractivity contribution >= 4 is 23.4 Å². The van der Waals surface area contributed by atoms with Gasteiger partial charge in [-0.1, -0.05) is 17.7 Å². The van der Waals surface area contributed by atoms with Crippen molar-refractivity contribution < 1.29 is 26.3 Å². The Balaban J connectivity index is 1.76. The van der Waals surface area contributed by atoms with Crippen molar-refractivity contribution in [1.29, 1.82) is 0 Å². The van der Waals surface area contributed by atoms with E-state index in [0.29, 0.717) is 17.2 Å². The van der Waals surface area contributed by atoms with Crippen molar-refractivity contribution in [2.45, 2.75) is 37.8 Å². The van der Waals surface area contributed by atoms with Gasteiger partial charge in [0.15, 0.2) is 11.6 Å². The molecule has 0 spiro atoms. The number of hydrogen-bond acceptors (Lipinski definition) is 6. The largest absolute Gasteiger partial charge is 0.420 e. The zero-order chi connectivity index (χ0) is 27.3. The van der Waals surface area contributed by atoms with Gasteiger partial charge in [0.2, 0.25) is 0 Å². The van der Waals surface area contributed by atoms with E-state index in [-0.39, 0.29) is 42.9 Å². The van der Waals surface area contributed by atoms with E-state index in [0.717, 1.165) is 12.1 Å². The molecular weight excluding hydrogens is 522 g/mol. The van der Waals surface area contributed by atoms with Crippen LogP contribution in [0.15, 0.2) is 46.7 Å². The van der Waals surface area contributed by atoms with Crippen LogP contribution in [0.25, 0.3) is 0 Å². The summed E-state index contributed by atoms with van der Waals surface area (Å²) >= 11 is 5.99. The van der Waals surface area contributed by atoms with Crippen LogP contribution in [0.3, 0.4) is 0 Å². The summed E-state index contributed by atoms with van der Waals surface area (Å²) in [5.74, 6) is 0.177. The summed E-state index contributed by atoms with van der Waals surface area (Å²) in [7, 11) is 3.43. The lowest BCUT2D eigenvalue weighted by Crippen LogP contribution is -2.49. The number of nitrogens with two attached hydrogens (primary N) is 1. The van der Waals surface area contributed by atoms with Crippen LogP contribution >= 0.6 is 11.6 Å². The molecule has 0 aliphatic carbocycles. The van der Waals surface area contributed by atoms with E-state index in [4.69, 9.17) is 17.3 Å². The minimum Gasteiger partial charge on any atom is -0.355 e. The van der Waals surface area contributed by atoms with Gasteiger partial charge >= 0.3 is 12.4 Å². The molecule has 37 heavy (non-hydrogen) atoms. The number of alkyl halides is 6. The Kier molecular flexibility index (Phi) is 6.87. The van der Waals surface area contributed by atoms with E-state index < -0.39 is 34.2 Å². The molecule has 0 radical (unpaired) electrons. The van der Waals surface area contributed by atoms with Crippen molar-refractivity contribution in [1.82, 2.24) is 15.2 Å². The number of pyridine rings is 1. The summed E-state index contributed by atoms with van der Waals surface area (Å²) in [6.45, 7) is 1.73.